The summed E-state index contributed by atoms with van der Waals surface area (Å²) in [6, 6.07) is 3.21. The number of nitrogens with two attached hydrogens (primary N) is 1. The number of hydrogen-bond acceptors (Lipinski definition) is 4. The standard InChI is InChI=1S/C12H13ClFN3O2S/c1-7-12(13)11(17(2)16-7)6-20(18,19)10-4-8(14)3-9(15)5-10/h3-5H,6,15H2,1-2H3. The smallest absolute Gasteiger partial charge is 0.184 e. The molecule has 0 aliphatic rings. The Labute approximate surface area is 121 Å². The maximum absolute atomic E-state index is 13.3. The number of nitrogens with zero attached hydrogens (tertiary/aromatic N) is 2. The van der Waals surface area contributed by atoms with E-state index >= 15 is 0 Å². The number of aryl methyl sites for hydroxylation is 2. The Kier molecular flexibility index (Phi) is 3.75. The van der Waals surface area contributed by atoms with Crippen LogP contribution in [0.1, 0.15) is 11.4 Å². The van der Waals surface area contributed by atoms with Gasteiger partial charge < -0.3 is 5.73 Å². The summed E-state index contributed by atoms with van der Waals surface area (Å²) >= 11 is 6.02. The zero-order valence-electron chi connectivity index (χ0n) is 10.9. The number of anilines is 1. The van der Waals surface area contributed by atoms with Crippen LogP contribution in [0.2, 0.25) is 5.02 Å². The summed E-state index contributed by atoms with van der Waals surface area (Å²) in [4.78, 5) is -0.176. The summed E-state index contributed by atoms with van der Waals surface area (Å²) in [5.74, 6) is -1.07. The van der Waals surface area contributed by atoms with Crippen molar-refractivity contribution in [3.8, 4) is 0 Å². The van der Waals surface area contributed by atoms with Crippen molar-refractivity contribution in [1.29, 1.82) is 0 Å². The summed E-state index contributed by atoms with van der Waals surface area (Å²) in [6.07, 6.45) is 0. The first-order valence-corrected chi connectivity index (χ1v) is 7.70. The van der Waals surface area contributed by atoms with Gasteiger partial charge in [0.05, 0.1) is 27.1 Å². The molecule has 0 saturated heterocycles. The number of rotatable bonds is 3. The summed E-state index contributed by atoms with van der Waals surface area (Å²) in [7, 11) is -2.15. The SMILES string of the molecule is Cc1nn(C)c(CS(=O)(=O)c2cc(N)cc(F)c2)c1Cl. The van der Waals surface area contributed by atoms with Crippen LogP contribution < -0.4 is 5.73 Å². The number of halogens is 2. The molecule has 0 aliphatic heterocycles. The molecule has 108 valence electrons. The molecule has 1 aromatic carbocycles. The minimum atomic E-state index is -3.76. The van der Waals surface area contributed by atoms with Gasteiger partial charge in [0, 0.05) is 12.7 Å². The second kappa shape index (κ2) is 5.06. The lowest BCUT2D eigenvalue weighted by Gasteiger charge is -2.07. The molecule has 2 aromatic rings. The summed E-state index contributed by atoms with van der Waals surface area (Å²) in [5.41, 5.74) is 6.41. The van der Waals surface area contributed by atoms with Gasteiger partial charge >= 0.3 is 0 Å². The molecule has 2 rings (SSSR count). The Bertz CT molecular complexity index is 751. The first-order chi connectivity index (χ1) is 9.20. The highest BCUT2D eigenvalue weighted by molar-refractivity contribution is 7.90. The average molecular weight is 318 g/mol. The lowest BCUT2D eigenvalue weighted by Crippen LogP contribution is -2.10. The fraction of sp³-hybridized carbons (Fsp3) is 0.250. The van der Waals surface area contributed by atoms with Gasteiger partial charge in [-0.1, -0.05) is 11.6 Å². The molecule has 0 radical (unpaired) electrons. The number of sulfone groups is 1. The van der Waals surface area contributed by atoms with E-state index < -0.39 is 15.7 Å². The molecule has 1 heterocycles. The van der Waals surface area contributed by atoms with Crippen molar-refractivity contribution in [2.24, 2.45) is 7.05 Å². The fourth-order valence-electron chi connectivity index (χ4n) is 1.86. The van der Waals surface area contributed by atoms with Crippen molar-refractivity contribution in [2.75, 3.05) is 5.73 Å². The third kappa shape index (κ3) is 2.78. The topological polar surface area (TPSA) is 78.0 Å². The van der Waals surface area contributed by atoms with Crippen molar-refractivity contribution in [3.05, 3.63) is 40.4 Å². The molecule has 0 bridgehead atoms. The van der Waals surface area contributed by atoms with Gasteiger partial charge in [-0.15, -0.1) is 0 Å². The molecular formula is C12H13ClFN3O2S. The molecule has 0 amide bonds. The van der Waals surface area contributed by atoms with Gasteiger partial charge in [-0.05, 0) is 25.1 Å². The minimum absolute atomic E-state index is 0.0517. The van der Waals surface area contributed by atoms with Crippen molar-refractivity contribution >= 4 is 27.1 Å². The van der Waals surface area contributed by atoms with Gasteiger partial charge in [0.2, 0.25) is 0 Å². The summed E-state index contributed by atoms with van der Waals surface area (Å²) in [5, 5.41) is 4.34. The fourth-order valence-corrected chi connectivity index (χ4v) is 3.64. The van der Waals surface area contributed by atoms with Crippen LogP contribution >= 0.6 is 11.6 Å². The number of hydrogen-bond donors (Lipinski definition) is 1. The van der Waals surface area contributed by atoms with E-state index in [1.54, 1.807) is 14.0 Å². The van der Waals surface area contributed by atoms with E-state index in [-0.39, 0.29) is 16.3 Å². The second-order valence-corrected chi connectivity index (χ2v) is 6.82. The van der Waals surface area contributed by atoms with Gasteiger partial charge in [-0.2, -0.15) is 5.10 Å². The Morgan fingerprint density at radius 1 is 1.40 bits per heavy atom. The Hall–Kier alpha value is -1.60. The van der Waals surface area contributed by atoms with E-state index in [4.69, 9.17) is 17.3 Å². The Morgan fingerprint density at radius 2 is 2.05 bits per heavy atom. The van der Waals surface area contributed by atoms with Crippen molar-refractivity contribution in [1.82, 2.24) is 9.78 Å². The molecule has 0 fully saturated rings. The molecule has 0 unspecified atom stereocenters. The van der Waals surface area contributed by atoms with Crippen LogP contribution in [-0.2, 0) is 22.6 Å². The van der Waals surface area contributed by atoms with Crippen LogP contribution in [0.25, 0.3) is 0 Å². The number of aromatic nitrogens is 2. The average Bonchev–Trinajstić information content (AvgIpc) is 2.54. The van der Waals surface area contributed by atoms with E-state index in [2.05, 4.69) is 5.10 Å². The van der Waals surface area contributed by atoms with Gasteiger partial charge in [0.1, 0.15) is 5.82 Å². The second-order valence-electron chi connectivity index (χ2n) is 4.45. The molecule has 20 heavy (non-hydrogen) atoms. The highest BCUT2D eigenvalue weighted by Gasteiger charge is 2.22. The van der Waals surface area contributed by atoms with Gasteiger partial charge in [-0.3, -0.25) is 4.68 Å². The predicted molar refractivity (Wildman–Crippen MR) is 74.7 cm³/mol. The Morgan fingerprint density at radius 3 is 2.55 bits per heavy atom. The zero-order valence-corrected chi connectivity index (χ0v) is 12.5. The molecule has 0 aliphatic carbocycles. The highest BCUT2D eigenvalue weighted by atomic mass is 35.5. The monoisotopic (exact) mass is 317 g/mol. The van der Waals surface area contributed by atoms with E-state index in [1.165, 1.54) is 10.7 Å². The van der Waals surface area contributed by atoms with Crippen LogP contribution in [0.15, 0.2) is 23.1 Å². The normalized spacial score (nSPS) is 11.8. The first-order valence-electron chi connectivity index (χ1n) is 5.67. The van der Waals surface area contributed by atoms with Crippen LogP contribution in [0.4, 0.5) is 10.1 Å². The third-order valence-electron chi connectivity index (χ3n) is 2.84. The van der Waals surface area contributed by atoms with Crippen molar-refractivity contribution < 1.29 is 12.8 Å². The molecule has 0 spiro atoms. The summed E-state index contributed by atoms with van der Waals surface area (Å²) < 4.78 is 39.3. The predicted octanol–water partition coefficient (Wildman–Crippen LogP) is 2.08. The minimum Gasteiger partial charge on any atom is -0.399 e. The highest BCUT2D eigenvalue weighted by Crippen LogP contribution is 2.25. The molecule has 8 heteroatoms. The summed E-state index contributed by atoms with van der Waals surface area (Å²) in [6.45, 7) is 1.68. The van der Waals surface area contributed by atoms with Crippen molar-refractivity contribution in [3.63, 3.8) is 0 Å². The lowest BCUT2D eigenvalue weighted by molar-refractivity contribution is 0.587. The van der Waals surface area contributed by atoms with Gasteiger partial charge in [0.15, 0.2) is 9.84 Å². The largest absolute Gasteiger partial charge is 0.399 e. The number of benzene rings is 1. The van der Waals surface area contributed by atoms with Crippen molar-refractivity contribution in [2.45, 2.75) is 17.6 Å². The van der Waals surface area contributed by atoms with Crippen LogP contribution in [-0.4, -0.2) is 18.2 Å². The zero-order chi connectivity index (χ0) is 15.1. The molecule has 0 saturated carbocycles. The quantitative estimate of drug-likeness (QED) is 0.879. The molecular weight excluding hydrogens is 305 g/mol. The number of nitrogen functional groups attached to an aromatic ring is 1. The van der Waals surface area contributed by atoms with Gasteiger partial charge in [0.25, 0.3) is 0 Å². The maximum Gasteiger partial charge on any atom is 0.184 e. The lowest BCUT2D eigenvalue weighted by atomic mass is 10.3. The molecule has 0 atom stereocenters. The molecule has 1 aromatic heterocycles. The molecule has 5 nitrogen and oxygen atoms in total. The van der Waals surface area contributed by atoms with Crippen LogP contribution in [0.5, 0.6) is 0 Å². The van der Waals surface area contributed by atoms with E-state index in [1.807, 2.05) is 0 Å². The maximum atomic E-state index is 13.3. The molecule has 2 N–H and O–H groups in total. The van der Waals surface area contributed by atoms with E-state index in [0.717, 1.165) is 12.1 Å². The van der Waals surface area contributed by atoms with E-state index in [9.17, 15) is 12.8 Å². The van der Waals surface area contributed by atoms with Crippen LogP contribution in [0.3, 0.4) is 0 Å². The third-order valence-corrected chi connectivity index (χ3v) is 4.94. The van der Waals surface area contributed by atoms with E-state index in [0.29, 0.717) is 16.4 Å². The first kappa shape index (κ1) is 14.8. The van der Waals surface area contributed by atoms with Gasteiger partial charge in [-0.25, -0.2) is 12.8 Å². The van der Waals surface area contributed by atoms with Crippen LogP contribution in [0, 0.1) is 12.7 Å². The Balaban J connectivity index is 2.46.